The molecule has 1 aromatic rings. The summed E-state index contributed by atoms with van der Waals surface area (Å²) in [6, 6.07) is 3.50. The fourth-order valence-corrected chi connectivity index (χ4v) is 1.34. The first-order valence-electron chi connectivity index (χ1n) is 4.70. The van der Waals surface area contributed by atoms with E-state index in [1.54, 1.807) is 32.0 Å². The molecule has 0 aliphatic carbocycles. The van der Waals surface area contributed by atoms with E-state index in [0.29, 0.717) is 11.3 Å². The lowest BCUT2D eigenvalue weighted by atomic mass is 10.0. The molecule has 82 valence electrons. The van der Waals surface area contributed by atoms with Crippen LogP contribution in [-0.2, 0) is 0 Å². The number of anilines is 1. The maximum absolute atomic E-state index is 13.0. The van der Waals surface area contributed by atoms with Gasteiger partial charge in [0.05, 0.1) is 6.04 Å². The molecule has 1 aromatic carbocycles. The number of halogens is 1. The SMILES string of the molecule is CC(N)C(=O)c1cc(F)ccc1N(C)C. The smallest absolute Gasteiger partial charge is 0.181 e. The highest BCUT2D eigenvalue weighted by Crippen LogP contribution is 2.20. The molecule has 0 aliphatic rings. The summed E-state index contributed by atoms with van der Waals surface area (Å²) in [4.78, 5) is 13.5. The summed E-state index contributed by atoms with van der Waals surface area (Å²) in [6.45, 7) is 1.59. The average molecular weight is 210 g/mol. The molecule has 0 heterocycles. The summed E-state index contributed by atoms with van der Waals surface area (Å²) in [6.07, 6.45) is 0. The number of benzene rings is 1. The lowest BCUT2D eigenvalue weighted by Gasteiger charge is -2.17. The lowest BCUT2D eigenvalue weighted by molar-refractivity contribution is 0.0968. The van der Waals surface area contributed by atoms with Gasteiger partial charge in [0.1, 0.15) is 5.82 Å². The molecular weight excluding hydrogens is 195 g/mol. The zero-order valence-electron chi connectivity index (χ0n) is 9.12. The molecule has 3 nitrogen and oxygen atoms in total. The summed E-state index contributed by atoms with van der Waals surface area (Å²) in [5, 5.41) is 0. The van der Waals surface area contributed by atoms with Gasteiger partial charge in [0.25, 0.3) is 0 Å². The van der Waals surface area contributed by atoms with Crippen LogP contribution in [0.2, 0.25) is 0 Å². The van der Waals surface area contributed by atoms with E-state index in [4.69, 9.17) is 5.73 Å². The monoisotopic (exact) mass is 210 g/mol. The number of nitrogens with zero attached hydrogens (tertiary/aromatic N) is 1. The Bertz CT molecular complexity index is 375. The van der Waals surface area contributed by atoms with Crippen molar-refractivity contribution in [3.8, 4) is 0 Å². The van der Waals surface area contributed by atoms with Gasteiger partial charge in [-0.25, -0.2) is 4.39 Å². The van der Waals surface area contributed by atoms with Gasteiger partial charge in [-0.15, -0.1) is 0 Å². The number of Topliss-reactive ketones (excluding diaryl/α,β-unsaturated/α-hetero) is 1. The maximum atomic E-state index is 13.0. The van der Waals surface area contributed by atoms with Crippen LogP contribution in [0.4, 0.5) is 10.1 Å². The van der Waals surface area contributed by atoms with Crippen LogP contribution in [-0.4, -0.2) is 25.9 Å². The minimum Gasteiger partial charge on any atom is -0.377 e. The van der Waals surface area contributed by atoms with Crippen molar-refractivity contribution in [2.45, 2.75) is 13.0 Å². The minimum atomic E-state index is -0.620. The zero-order valence-corrected chi connectivity index (χ0v) is 9.12. The molecule has 1 atom stereocenters. The van der Waals surface area contributed by atoms with E-state index < -0.39 is 11.9 Å². The van der Waals surface area contributed by atoms with E-state index in [1.165, 1.54) is 12.1 Å². The average Bonchev–Trinajstić information content (AvgIpc) is 2.15. The molecule has 0 spiro atoms. The number of carbonyl (C=O) groups is 1. The molecule has 0 saturated carbocycles. The summed E-state index contributed by atoms with van der Waals surface area (Å²) in [5.74, 6) is -0.678. The fraction of sp³-hybridized carbons (Fsp3) is 0.364. The second kappa shape index (κ2) is 4.40. The van der Waals surface area contributed by atoms with Crippen LogP contribution in [0.25, 0.3) is 0 Å². The molecule has 15 heavy (non-hydrogen) atoms. The van der Waals surface area contributed by atoms with Gasteiger partial charge in [0.15, 0.2) is 5.78 Å². The van der Waals surface area contributed by atoms with E-state index >= 15 is 0 Å². The Morgan fingerprint density at radius 1 is 1.47 bits per heavy atom. The van der Waals surface area contributed by atoms with Crippen molar-refractivity contribution in [2.24, 2.45) is 5.73 Å². The first-order valence-corrected chi connectivity index (χ1v) is 4.70. The predicted octanol–water partition coefficient (Wildman–Crippen LogP) is 1.42. The van der Waals surface area contributed by atoms with Crippen LogP contribution in [0.1, 0.15) is 17.3 Å². The summed E-state index contributed by atoms with van der Waals surface area (Å²) < 4.78 is 13.0. The van der Waals surface area contributed by atoms with Gasteiger partial charge in [0, 0.05) is 25.3 Å². The molecule has 0 saturated heterocycles. The zero-order chi connectivity index (χ0) is 11.6. The summed E-state index contributed by atoms with van der Waals surface area (Å²) in [7, 11) is 3.59. The van der Waals surface area contributed by atoms with Gasteiger partial charge in [0.2, 0.25) is 0 Å². The first kappa shape index (κ1) is 11.7. The number of hydrogen-bond donors (Lipinski definition) is 1. The van der Waals surface area contributed by atoms with Crippen LogP contribution in [0.5, 0.6) is 0 Å². The van der Waals surface area contributed by atoms with Crippen molar-refractivity contribution >= 4 is 11.5 Å². The van der Waals surface area contributed by atoms with E-state index in [-0.39, 0.29) is 5.78 Å². The molecule has 1 unspecified atom stereocenters. The number of rotatable bonds is 3. The molecule has 0 aliphatic heterocycles. The third-order valence-corrected chi connectivity index (χ3v) is 2.12. The van der Waals surface area contributed by atoms with Crippen molar-refractivity contribution in [1.82, 2.24) is 0 Å². The molecule has 0 amide bonds. The predicted molar refractivity (Wildman–Crippen MR) is 58.7 cm³/mol. The fourth-order valence-electron chi connectivity index (χ4n) is 1.34. The van der Waals surface area contributed by atoms with Crippen LogP contribution in [0.3, 0.4) is 0 Å². The summed E-state index contributed by atoms with van der Waals surface area (Å²) in [5.41, 5.74) is 6.50. The van der Waals surface area contributed by atoms with Crippen molar-refractivity contribution in [2.75, 3.05) is 19.0 Å². The van der Waals surface area contributed by atoms with Crippen molar-refractivity contribution in [3.05, 3.63) is 29.6 Å². The highest BCUT2D eigenvalue weighted by atomic mass is 19.1. The highest BCUT2D eigenvalue weighted by Gasteiger charge is 2.16. The third-order valence-electron chi connectivity index (χ3n) is 2.12. The molecule has 1 rings (SSSR count). The van der Waals surface area contributed by atoms with E-state index in [1.807, 2.05) is 0 Å². The van der Waals surface area contributed by atoms with E-state index in [0.717, 1.165) is 0 Å². The summed E-state index contributed by atoms with van der Waals surface area (Å²) >= 11 is 0. The largest absolute Gasteiger partial charge is 0.377 e. The quantitative estimate of drug-likeness (QED) is 0.767. The van der Waals surface area contributed by atoms with Gasteiger partial charge in [-0.1, -0.05) is 0 Å². The van der Waals surface area contributed by atoms with Crippen molar-refractivity contribution in [3.63, 3.8) is 0 Å². The molecule has 4 heteroatoms. The molecule has 0 fully saturated rings. The number of nitrogens with two attached hydrogens (primary N) is 1. The topological polar surface area (TPSA) is 46.3 Å². The Hall–Kier alpha value is -1.42. The van der Waals surface area contributed by atoms with E-state index in [2.05, 4.69) is 0 Å². The first-order chi connectivity index (χ1) is 6.93. The molecule has 0 bridgehead atoms. The van der Waals surface area contributed by atoms with Crippen LogP contribution in [0, 0.1) is 5.82 Å². The van der Waals surface area contributed by atoms with Gasteiger partial charge in [-0.2, -0.15) is 0 Å². The van der Waals surface area contributed by atoms with Gasteiger partial charge < -0.3 is 10.6 Å². The van der Waals surface area contributed by atoms with Crippen LogP contribution in [0.15, 0.2) is 18.2 Å². The number of ketones is 1. The van der Waals surface area contributed by atoms with Crippen molar-refractivity contribution in [1.29, 1.82) is 0 Å². The molecule has 0 radical (unpaired) electrons. The Morgan fingerprint density at radius 2 is 2.07 bits per heavy atom. The number of carbonyl (C=O) groups excluding carboxylic acids is 1. The second-order valence-corrected chi connectivity index (χ2v) is 3.71. The number of hydrogen-bond acceptors (Lipinski definition) is 3. The molecule has 0 aromatic heterocycles. The Labute approximate surface area is 88.7 Å². The Morgan fingerprint density at radius 3 is 2.53 bits per heavy atom. The normalized spacial score (nSPS) is 12.3. The molecule has 2 N–H and O–H groups in total. The Balaban J connectivity index is 3.24. The standard InChI is InChI=1S/C11H15FN2O/c1-7(13)11(15)9-6-8(12)4-5-10(9)14(2)3/h4-7H,13H2,1-3H3. The minimum absolute atomic E-state index is 0.252. The van der Waals surface area contributed by atoms with Gasteiger partial charge in [-0.3, -0.25) is 4.79 Å². The van der Waals surface area contributed by atoms with Gasteiger partial charge >= 0.3 is 0 Å². The third kappa shape index (κ3) is 2.53. The van der Waals surface area contributed by atoms with Crippen molar-refractivity contribution < 1.29 is 9.18 Å². The second-order valence-electron chi connectivity index (χ2n) is 3.71. The maximum Gasteiger partial charge on any atom is 0.181 e. The van der Waals surface area contributed by atoms with Crippen LogP contribution < -0.4 is 10.6 Å². The van der Waals surface area contributed by atoms with Gasteiger partial charge in [-0.05, 0) is 25.1 Å². The molecular formula is C11H15FN2O. The Kier molecular flexibility index (Phi) is 3.42. The van der Waals surface area contributed by atoms with E-state index in [9.17, 15) is 9.18 Å². The van der Waals surface area contributed by atoms with Crippen LogP contribution >= 0.6 is 0 Å². The highest BCUT2D eigenvalue weighted by molar-refractivity contribution is 6.04. The lowest BCUT2D eigenvalue weighted by Crippen LogP contribution is -2.28.